The van der Waals surface area contributed by atoms with Gasteiger partial charge in [0.1, 0.15) is 10.8 Å². The maximum Gasteiger partial charge on any atom is 0.141 e. The fraction of sp³-hybridized carbons (Fsp3) is 0.250. The summed E-state index contributed by atoms with van der Waals surface area (Å²) in [4.78, 5) is 4.32. The largest absolute Gasteiger partial charge is 0.383 e. The second-order valence-electron chi connectivity index (χ2n) is 2.89. The quantitative estimate of drug-likeness (QED) is 0.855. The number of thiazole rings is 1. The van der Waals surface area contributed by atoms with E-state index in [-0.39, 0.29) is 0 Å². The molecule has 2 rings (SSSR count). The Morgan fingerprint density at radius 2 is 2.43 bits per heavy atom. The number of nitrogens with zero attached hydrogens (tertiary/aromatic N) is 3. The number of anilines is 1. The van der Waals surface area contributed by atoms with Crippen LogP contribution in [0.4, 0.5) is 5.82 Å². The van der Waals surface area contributed by atoms with Crippen molar-refractivity contribution in [2.45, 2.75) is 13.5 Å². The molecule has 2 heterocycles. The van der Waals surface area contributed by atoms with Crippen LogP contribution in [0.15, 0.2) is 11.6 Å². The van der Waals surface area contributed by atoms with Crippen molar-refractivity contribution in [2.24, 2.45) is 0 Å². The van der Waals surface area contributed by atoms with Gasteiger partial charge in [0, 0.05) is 5.38 Å². The molecule has 0 saturated carbocycles. The van der Waals surface area contributed by atoms with Gasteiger partial charge in [0.15, 0.2) is 0 Å². The third-order valence-corrected chi connectivity index (χ3v) is 2.93. The molecule has 0 amide bonds. The monoisotopic (exact) mass is 228 g/mol. The zero-order valence-corrected chi connectivity index (χ0v) is 9.14. The average Bonchev–Trinajstić information content (AvgIpc) is 2.67. The first-order valence-corrected chi connectivity index (χ1v) is 5.30. The van der Waals surface area contributed by atoms with Crippen molar-refractivity contribution in [1.29, 1.82) is 0 Å². The Hall–Kier alpha value is -1.07. The molecule has 0 atom stereocenters. The number of halogens is 1. The first kappa shape index (κ1) is 9.48. The summed E-state index contributed by atoms with van der Waals surface area (Å²) in [6.45, 7) is 2.54. The average molecular weight is 229 g/mol. The molecule has 4 nitrogen and oxygen atoms in total. The molecule has 6 heteroatoms. The molecule has 0 spiro atoms. The van der Waals surface area contributed by atoms with Crippen LogP contribution in [0.25, 0.3) is 0 Å². The molecule has 0 unspecified atom stereocenters. The predicted molar refractivity (Wildman–Crippen MR) is 57.6 cm³/mol. The standard InChI is InChI=1S/C8H9ClN4S/c1-5-12-6(4-14-5)3-13-8(10)7(9)2-11-13/h2,4H,3,10H2,1H3. The summed E-state index contributed by atoms with van der Waals surface area (Å²) in [5.74, 6) is 0.484. The van der Waals surface area contributed by atoms with Crippen LogP contribution in [0.5, 0.6) is 0 Å². The number of aromatic nitrogens is 3. The van der Waals surface area contributed by atoms with E-state index in [1.807, 2.05) is 12.3 Å². The van der Waals surface area contributed by atoms with Crippen LogP contribution in [0.2, 0.25) is 5.02 Å². The molecule has 2 aromatic heterocycles. The van der Waals surface area contributed by atoms with Crippen LogP contribution in [-0.2, 0) is 6.54 Å². The SMILES string of the molecule is Cc1nc(Cn2ncc(Cl)c2N)cs1. The maximum atomic E-state index is 5.77. The number of hydrogen-bond acceptors (Lipinski definition) is 4. The van der Waals surface area contributed by atoms with Gasteiger partial charge < -0.3 is 5.73 Å². The van der Waals surface area contributed by atoms with Gasteiger partial charge in [-0.15, -0.1) is 11.3 Å². The summed E-state index contributed by atoms with van der Waals surface area (Å²) in [5, 5.41) is 7.56. The van der Waals surface area contributed by atoms with Gasteiger partial charge in [0.05, 0.1) is 23.4 Å². The molecule has 0 fully saturated rings. The minimum Gasteiger partial charge on any atom is -0.383 e. The lowest BCUT2D eigenvalue weighted by molar-refractivity contribution is 0.685. The number of nitrogens with two attached hydrogens (primary N) is 1. The van der Waals surface area contributed by atoms with E-state index >= 15 is 0 Å². The highest BCUT2D eigenvalue weighted by Gasteiger charge is 2.06. The molecule has 74 valence electrons. The second kappa shape index (κ2) is 3.59. The van der Waals surface area contributed by atoms with E-state index in [0.29, 0.717) is 17.4 Å². The van der Waals surface area contributed by atoms with E-state index < -0.39 is 0 Å². The summed E-state index contributed by atoms with van der Waals surface area (Å²) in [5.41, 5.74) is 6.66. The van der Waals surface area contributed by atoms with Gasteiger partial charge in [-0.1, -0.05) is 11.6 Å². The number of rotatable bonds is 2. The molecule has 0 aliphatic heterocycles. The smallest absolute Gasteiger partial charge is 0.141 e. The highest BCUT2D eigenvalue weighted by molar-refractivity contribution is 7.09. The molecule has 2 N–H and O–H groups in total. The molecule has 0 bridgehead atoms. The van der Waals surface area contributed by atoms with Crippen molar-refractivity contribution < 1.29 is 0 Å². The third kappa shape index (κ3) is 1.73. The van der Waals surface area contributed by atoms with Gasteiger partial charge >= 0.3 is 0 Å². The van der Waals surface area contributed by atoms with Crippen molar-refractivity contribution in [3.05, 3.63) is 27.3 Å². The lowest BCUT2D eigenvalue weighted by atomic mass is 10.5. The highest BCUT2D eigenvalue weighted by atomic mass is 35.5. The number of nitrogen functional groups attached to an aromatic ring is 1. The first-order valence-electron chi connectivity index (χ1n) is 4.04. The fourth-order valence-corrected chi connectivity index (χ4v) is 1.88. The zero-order valence-electron chi connectivity index (χ0n) is 7.57. The lowest BCUT2D eigenvalue weighted by Gasteiger charge is -2.00. The Morgan fingerprint density at radius 1 is 1.64 bits per heavy atom. The summed E-state index contributed by atoms with van der Waals surface area (Å²) in [6, 6.07) is 0. The van der Waals surface area contributed by atoms with Gasteiger partial charge in [-0.3, -0.25) is 0 Å². The molecule has 0 aliphatic rings. The fourth-order valence-electron chi connectivity index (χ4n) is 1.13. The van der Waals surface area contributed by atoms with Crippen LogP contribution in [0.1, 0.15) is 10.7 Å². The first-order chi connectivity index (χ1) is 6.66. The van der Waals surface area contributed by atoms with Gasteiger partial charge in [-0.25, -0.2) is 9.67 Å². The number of aryl methyl sites for hydroxylation is 1. The van der Waals surface area contributed by atoms with E-state index in [2.05, 4.69) is 10.1 Å². The van der Waals surface area contributed by atoms with Crippen LogP contribution in [0, 0.1) is 6.92 Å². The van der Waals surface area contributed by atoms with E-state index in [1.165, 1.54) is 6.20 Å². The molecule has 0 saturated heterocycles. The van der Waals surface area contributed by atoms with Crippen molar-refractivity contribution >= 4 is 28.8 Å². The third-order valence-electron chi connectivity index (χ3n) is 1.81. The van der Waals surface area contributed by atoms with Crippen molar-refractivity contribution in [1.82, 2.24) is 14.8 Å². The minimum absolute atomic E-state index is 0.483. The van der Waals surface area contributed by atoms with Crippen LogP contribution >= 0.6 is 22.9 Å². The zero-order chi connectivity index (χ0) is 10.1. The predicted octanol–water partition coefficient (Wildman–Crippen LogP) is 1.93. The molecule has 0 radical (unpaired) electrons. The van der Waals surface area contributed by atoms with Crippen molar-refractivity contribution in [3.63, 3.8) is 0 Å². The topological polar surface area (TPSA) is 56.7 Å². The number of hydrogen-bond donors (Lipinski definition) is 1. The highest BCUT2D eigenvalue weighted by Crippen LogP contribution is 2.18. The molecule has 2 aromatic rings. The molecule has 0 aromatic carbocycles. The van der Waals surface area contributed by atoms with Gasteiger partial charge in [0.25, 0.3) is 0 Å². The Bertz CT molecular complexity index is 448. The summed E-state index contributed by atoms with van der Waals surface area (Å²) < 4.78 is 1.64. The van der Waals surface area contributed by atoms with E-state index in [1.54, 1.807) is 16.0 Å². The molecular weight excluding hydrogens is 220 g/mol. The molecule has 0 aliphatic carbocycles. The van der Waals surface area contributed by atoms with Crippen LogP contribution in [0.3, 0.4) is 0 Å². The normalized spacial score (nSPS) is 10.7. The lowest BCUT2D eigenvalue weighted by Crippen LogP contribution is -2.06. The Balaban J connectivity index is 2.22. The summed E-state index contributed by atoms with van der Waals surface area (Å²) in [7, 11) is 0. The van der Waals surface area contributed by atoms with Crippen molar-refractivity contribution in [3.8, 4) is 0 Å². The van der Waals surface area contributed by atoms with E-state index in [4.69, 9.17) is 17.3 Å². The minimum atomic E-state index is 0.483. The second-order valence-corrected chi connectivity index (χ2v) is 4.36. The Kier molecular flexibility index (Phi) is 2.43. The Morgan fingerprint density at radius 3 is 2.93 bits per heavy atom. The van der Waals surface area contributed by atoms with E-state index in [0.717, 1.165) is 10.7 Å². The van der Waals surface area contributed by atoms with Gasteiger partial charge in [-0.2, -0.15) is 5.10 Å². The van der Waals surface area contributed by atoms with E-state index in [9.17, 15) is 0 Å². The van der Waals surface area contributed by atoms with Gasteiger partial charge in [0.2, 0.25) is 0 Å². The summed E-state index contributed by atoms with van der Waals surface area (Å²) in [6.07, 6.45) is 1.54. The molecule has 14 heavy (non-hydrogen) atoms. The summed E-state index contributed by atoms with van der Waals surface area (Å²) >= 11 is 7.38. The van der Waals surface area contributed by atoms with Crippen molar-refractivity contribution in [2.75, 3.05) is 5.73 Å². The maximum absolute atomic E-state index is 5.77. The van der Waals surface area contributed by atoms with Gasteiger partial charge in [-0.05, 0) is 6.92 Å². The van der Waals surface area contributed by atoms with Crippen LogP contribution < -0.4 is 5.73 Å². The van der Waals surface area contributed by atoms with Crippen LogP contribution in [-0.4, -0.2) is 14.8 Å². The molecular formula is C8H9ClN4S. The Labute approximate surface area is 90.3 Å².